The summed E-state index contributed by atoms with van der Waals surface area (Å²) in [5, 5.41) is 3.29. The van der Waals surface area contributed by atoms with Crippen LogP contribution in [0.25, 0.3) is 10.9 Å². The van der Waals surface area contributed by atoms with Crippen molar-refractivity contribution in [3.63, 3.8) is 0 Å². The summed E-state index contributed by atoms with van der Waals surface area (Å²) in [6.45, 7) is 7.44. The molecule has 7 nitrogen and oxygen atoms in total. The molecule has 7 heteroatoms. The normalized spacial score (nSPS) is 18.5. The van der Waals surface area contributed by atoms with Crippen molar-refractivity contribution in [3.8, 4) is 0 Å². The molecule has 1 aliphatic heterocycles. The number of rotatable bonds is 4. The molecule has 1 N–H and O–H groups in total. The largest absolute Gasteiger partial charge is 0.338 e. The zero-order chi connectivity index (χ0) is 22.8. The number of aryl methyl sites for hydroxylation is 1. The molecule has 2 unspecified atom stereocenters. The van der Waals surface area contributed by atoms with Gasteiger partial charge >= 0.3 is 0 Å². The number of hydrogen-bond acceptors (Lipinski definition) is 4. The van der Waals surface area contributed by atoms with Gasteiger partial charge in [-0.05, 0) is 48.9 Å². The smallest absolute Gasteiger partial charge is 0.261 e. The molecule has 0 aliphatic carbocycles. The van der Waals surface area contributed by atoms with E-state index in [4.69, 9.17) is 0 Å². The highest BCUT2D eigenvalue weighted by molar-refractivity contribution is 6.03. The highest BCUT2D eigenvalue weighted by atomic mass is 16.2. The number of carbonyl (C=O) groups excluding carboxylic acids is 2. The second kappa shape index (κ2) is 8.94. The zero-order valence-electron chi connectivity index (χ0n) is 18.7. The molecular weight excluding hydrogens is 404 g/mol. The van der Waals surface area contributed by atoms with E-state index in [-0.39, 0.29) is 23.9 Å². The molecule has 2 amide bonds. The topological polar surface area (TPSA) is 84.3 Å². The molecule has 0 radical (unpaired) electrons. The molecule has 1 saturated heterocycles. The van der Waals surface area contributed by atoms with Crippen LogP contribution in [0.5, 0.6) is 0 Å². The van der Waals surface area contributed by atoms with Crippen LogP contribution >= 0.6 is 0 Å². The average molecular weight is 433 g/mol. The number of amides is 2. The first-order valence-corrected chi connectivity index (χ1v) is 11.0. The van der Waals surface area contributed by atoms with Crippen LogP contribution in [0.2, 0.25) is 0 Å². The number of anilines is 1. The second-order valence-electron chi connectivity index (χ2n) is 8.90. The van der Waals surface area contributed by atoms with Crippen molar-refractivity contribution in [1.29, 1.82) is 0 Å². The molecule has 0 spiro atoms. The van der Waals surface area contributed by atoms with Crippen LogP contribution in [0, 0.1) is 18.8 Å². The number of para-hydroxylation sites is 2. The first-order valence-electron chi connectivity index (χ1n) is 11.0. The molecule has 32 heavy (non-hydrogen) atoms. The van der Waals surface area contributed by atoms with E-state index >= 15 is 0 Å². The van der Waals surface area contributed by atoms with Gasteiger partial charge in [0.2, 0.25) is 5.91 Å². The highest BCUT2D eigenvalue weighted by Crippen LogP contribution is 2.25. The maximum Gasteiger partial charge on any atom is 0.261 e. The van der Waals surface area contributed by atoms with E-state index in [0.29, 0.717) is 47.1 Å². The molecule has 4 rings (SSSR count). The number of nitrogens with zero attached hydrogens (tertiary/aromatic N) is 3. The highest BCUT2D eigenvalue weighted by Gasteiger charge is 2.27. The molecule has 3 aromatic rings. The lowest BCUT2D eigenvalue weighted by Gasteiger charge is -2.35. The van der Waals surface area contributed by atoms with Crippen molar-refractivity contribution in [3.05, 3.63) is 70.3 Å². The van der Waals surface area contributed by atoms with Gasteiger partial charge in [0.25, 0.3) is 11.5 Å². The summed E-state index contributed by atoms with van der Waals surface area (Å²) in [6.07, 6.45) is 2.50. The molecule has 1 aliphatic rings. The van der Waals surface area contributed by atoms with E-state index < -0.39 is 0 Å². The van der Waals surface area contributed by atoms with Gasteiger partial charge < -0.3 is 10.2 Å². The minimum absolute atomic E-state index is 0.0840. The van der Waals surface area contributed by atoms with Crippen molar-refractivity contribution < 1.29 is 9.59 Å². The van der Waals surface area contributed by atoms with Gasteiger partial charge in [-0.25, -0.2) is 4.98 Å². The van der Waals surface area contributed by atoms with Crippen molar-refractivity contribution >= 4 is 28.4 Å². The van der Waals surface area contributed by atoms with Gasteiger partial charge in [0.1, 0.15) is 6.54 Å². The van der Waals surface area contributed by atoms with E-state index in [1.54, 1.807) is 36.4 Å². The Morgan fingerprint density at radius 2 is 1.78 bits per heavy atom. The van der Waals surface area contributed by atoms with Gasteiger partial charge in [-0.2, -0.15) is 0 Å². The fourth-order valence-electron chi connectivity index (χ4n) is 4.57. The van der Waals surface area contributed by atoms with E-state index in [1.165, 1.54) is 10.9 Å². The minimum Gasteiger partial charge on any atom is -0.338 e. The lowest BCUT2D eigenvalue weighted by Crippen LogP contribution is -2.42. The summed E-state index contributed by atoms with van der Waals surface area (Å²) in [5.74, 6) is 0.418. The number of fused-ring (bicyclic) bond motifs is 1. The Kier molecular flexibility index (Phi) is 6.08. The van der Waals surface area contributed by atoms with Crippen molar-refractivity contribution in [2.75, 3.05) is 18.4 Å². The summed E-state index contributed by atoms with van der Waals surface area (Å²) >= 11 is 0. The van der Waals surface area contributed by atoms with Crippen molar-refractivity contribution in [2.45, 2.75) is 33.7 Å². The fourth-order valence-corrected chi connectivity index (χ4v) is 4.57. The summed E-state index contributed by atoms with van der Waals surface area (Å²) < 4.78 is 1.29. The number of aromatic nitrogens is 2. The first kappa shape index (κ1) is 21.7. The molecule has 2 aromatic carbocycles. The minimum atomic E-state index is -0.387. The van der Waals surface area contributed by atoms with Crippen LogP contribution in [-0.4, -0.2) is 39.4 Å². The monoisotopic (exact) mass is 432 g/mol. The van der Waals surface area contributed by atoms with Crippen LogP contribution in [0.4, 0.5) is 5.69 Å². The van der Waals surface area contributed by atoms with E-state index in [2.05, 4.69) is 24.1 Å². The number of piperidine rings is 1. The van der Waals surface area contributed by atoms with Gasteiger partial charge in [0, 0.05) is 13.1 Å². The van der Waals surface area contributed by atoms with Crippen LogP contribution in [0.15, 0.2) is 53.6 Å². The summed E-state index contributed by atoms with van der Waals surface area (Å²) in [4.78, 5) is 45.0. The van der Waals surface area contributed by atoms with Crippen LogP contribution in [0.1, 0.15) is 36.2 Å². The van der Waals surface area contributed by atoms with Gasteiger partial charge in [0.15, 0.2) is 0 Å². The maximum absolute atomic E-state index is 13.2. The van der Waals surface area contributed by atoms with Crippen LogP contribution < -0.4 is 10.9 Å². The standard InChI is InChI=1S/C25H28N4O3/c1-16-11-17(2)13-28(12-16)24(31)19-8-4-5-10-21(19)27-22(30)14-29-15-26-23-18(3)7-6-9-20(23)25(29)32/h4-10,15-17H,11-14H2,1-3H3,(H,27,30). The first-order chi connectivity index (χ1) is 15.3. The van der Waals surface area contributed by atoms with Crippen LogP contribution in [-0.2, 0) is 11.3 Å². The Morgan fingerprint density at radius 1 is 1.06 bits per heavy atom. The molecular formula is C25H28N4O3. The molecule has 1 fully saturated rings. The average Bonchev–Trinajstić information content (AvgIpc) is 2.75. The second-order valence-corrected chi connectivity index (χ2v) is 8.90. The molecule has 2 atom stereocenters. The molecule has 2 heterocycles. The number of likely N-dealkylation sites (tertiary alicyclic amines) is 1. The SMILES string of the molecule is Cc1cccc2c(=O)n(CC(=O)Nc3ccccc3C(=O)N3CC(C)CC(C)C3)cnc12. The summed E-state index contributed by atoms with van der Waals surface area (Å²) in [5.41, 5.74) is 2.18. The Morgan fingerprint density at radius 3 is 2.53 bits per heavy atom. The zero-order valence-corrected chi connectivity index (χ0v) is 18.7. The van der Waals surface area contributed by atoms with E-state index in [9.17, 15) is 14.4 Å². The molecule has 0 saturated carbocycles. The predicted octanol–water partition coefficient (Wildman–Crippen LogP) is 3.46. The number of hydrogen-bond donors (Lipinski definition) is 1. The Labute approximate surface area is 187 Å². The van der Waals surface area contributed by atoms with Gasteiger partial charge in [-0.3, -0.25) is 19.0 Å². The number of carbonyl (C=O) groups is 2. The third-order valence-corrected chi connectivity index (χ3v) is 5.96. The molecule has 1 aromatic heterocycles. The lowest BCUT2D eigenvalue weighted by atomic mass is 9.91. The van der Waals surface area contributed by atoms with E-state index in [0.717, 1.165) is 12.0 Å². The fraction of sp³-hybridized carbons (Fsp3) is 0.360. The third kappa shape index (κ3) is 4.42. The van der Waals surface area contributed by atoms with Crippen molar-refractivity contribution in [1.82, 2.24) is 14.5 Å². The lowest BCUT2D eigenvalue weighted by molar-refractivity contribution is -0.116. The Hall–Kier alpha value is -3.48. The number of benzene rings is 2. The Balaban J connectivity index is 1.54. The molecule has 166 valence electrons. The maximum atomic E-state index is 13.2. The van der Waals surface area contributed by atoms with Gasteiger partial charge in [-0.1, -0.05) is 38.1 Å². The van der Waals surface area contributed by atoms with Gasteiger partial charge in [0.05, 0.1) is 28.5 Å². The van der Waals surface area contributed by atoms with Crippen LogP contribution in [0.3, 0.4) is 0 Å². The Bertz CT molecular complexity index is 1220. The summed E-state index contributed by atoms with van der Waals surface area (Å²) in [7, 11) is 0. The number of nitrogens with one attached hydrogen (secondary N) is 1. The van der Waals surface area contributed by atoms with E-state index in [1.807, 2.05) is 17.9 Å². The summed E-state index contributed by atoms with van der Waals surface area (Å²) in [6, 6.07) is 12.4. The van der Waals surface area contributed by atoms with Gasteiger partial charge in [-0.15, -0.1) is 0 Å². The predicted molar refractivity (Wildman–Crippen MR) is 125 cm³/mol. The molecule has 0 bridgehead atoms. The van der Waals surface area contributed by atoms with Crippen molar-refractivity contribution in [2.24, 2.45) is 11.8 Å². The quantitative estimate of drug-likeness (QED) is 0.684. The third-order valence-electron chi connectivity index (χ3n) is 5.96.